The first-order chi connectivity index (χ1) is 34.5. The number of esters is 3. The molecule has 0 aliphatic rings. The molecule has 0 radical (unpaired) electrons. The minimum Gasteiger partial charge on any atom is -0.462 e. The normalized spacial score (nSPS) is 12.3. The maximum Gasteiger partial charge on any atom is 0.306 e. The third kappa shape index (κ3) is 56.3. The van der Waals surface area contributed by atoms with Crippen LogP contribution >= 0.6 is 0 Å². The van der Waals surface area contributed by atoms with E-state index in [1.54, 1.807) is 0 Å². The van der Waals surface area contributed by atoms with Crippen molar-refractivity contribution in [1.29, 1.82) is 0 Å². The van der Waals surface area contributed by atoms with Gasteiger partial charge in [0, 0.05) is 19.3 Å². The zero-order chi connectivity index (χ0) is 50.7. The summed E-state index contributed by atoms with van der Waals surface area (Å²) >= 11 is 0. The molecule has 70 heavy (non-hydrogen) atoms. The Kier molecular flexibility index (Phi) is 56.7. The molecule has 0 bridgehead atoms. The molecule has 0 spiro atoms. The lowest BCUT2D eigenvalue weighted by molar-refractivity contribution is -0.167. The van der Waals surface area contributed by atoms with Crippen LogP contribution in [0.5, 0.6) is 0 Å². The Morgan fingerprint density at radius 3 is 0.829 bits per heavy atom. The molecule has 0 amide bonds. The Balaban J connectivity index is 4.29. The molecule has 6 heteroatoms. The highest BCUT2D eigenvalue weighted by atomic mass is 16.6. The number of carbonyl (C=O) groups is 3. The lowest BCUT2D eigenvalue weighted by atomic mass is 10.0. The minimum atomic E-state index is -0.779. The van der Waals surface area contributed by atoms with Crippen LogP contribution < -0.4 is 0 Å². The van der Waals surface area contributed by atoms with E-state index in [1.165, 1.54) is 212 Å². The first-order valence-electron chi connectivity index (χ1n) is 30.6. The summed E-state index contributed by atoms with van der Waals surface area (Å²) in [6.45, 7) is 6.63. The summed E-state index contributed by atoms with van der Waals surface area (Å²) in [4.78, 5) is 38.2. The van der Waals surface area contributed by atoms with Crippen LogP contribution in [0.2, 0.25) is 0 Å². The van der Waals surface area contributed by atoms with E-state index < -0.39 is 6.10 Å². The quantitative estimate of drug-likeness (QED) is 0.0261. The van der Waals surface area contributed by atoms with Gasteiger partial charge in [0.2, 0.25) is 0 Å². The van der Waals surface area contributed by atoms with Gasteiger partial charge in [0.05, 0.1) is 0 Å². The number of rotatable bonds is 56. The zero-order valence-corrected chi connectivity index (χ0v) is 46.8. The Bertz CT molecular complexity index is 1220. The fourth-order valence-electron chi connectivity index (χ4n) is 8.88. The van der Waals surface area contributed by atoms with Crippen molar-refractivity contribution in [3.05, 3.63) is 48.6 Å². The molecule has 0 fully saturated rings. The van der Waals surface area contributed by atoms with Crippen molar-refractivity contribution in [1.82, 2.24) is 0 Å². The first kappa shape index (κ1) is 67.4. The van der Waals surface area contributed by atoms with Gasteiger partial charge in [0.15, 0.2) is 6.10 Å². The van der Waals surface area contributed by atoms with Crippen molar-refractivity contribution in [2.75, 3.05) is 13.2 Å². The molecular weight excluding hydrogens is 865 g/mol. The van der Waals surface area contributed by atoms with Gasteiger partial charge in [-0.2, -0.15) is 0 Å². The summed E-state index contributed by atoms with van der Waals surface area (Å²) in [5.74, 6) is -0.877. The number of allylic oxidation sites excluding steroid dienone is 8. The molecule has 0 saturated heterocycles. The molecule has 0 aromatic carbocycles. The Labute approximate surface area is 435 Å². The van der Waals surface area contributed by atoms with E-state index >= 15 is 0 Å². The summed E-state index contributed by atoms with van der Waals surface area (Å²) in [7, 11) is 0. The molecule has 0 N–H and O–H groups in total. The molecular formula is C64H116O6. The van der Waals surface area contributed by atoms with Crippen molar-refractivity contribution < 1.29 is 28.6 Å². The average Bonchev–Trinajstić information content (AvgIpc) is 3.36. The number of ether oxygens (including phenoxy) is 3. The second-order valence-electron chi connectivity index (χ2n) is 20.6. The van der Waals surface area contributed by atoms with Crippen molar-refractivity contribution >= 4 is 17.9 Å². The molecule has 0 rings (SSSR count). The third-order valence-electron chi connectivity index (χ3n) is 13.5. The molecule has 0 aromatic heterocycles. The van der Waals surface area contributed by atoms with Crippen LogP contribution in [0.4, 0.5) is 0 Å². The molecule has 1 unspecified atom stereocenters. The smallest absolute Gasteiger partial charge is 0.306 e. The number of hydrogen-bond acceptors (Lipinski definition) is 6. The van der Waals surface area contributed by atoms with E-state index in [0.29, 0.717) is 19.3 Å². The molecule has 0 aromatic rings. The first-order valence-corrected chi connectivity index (χ1v) is 30.6. The third-order valence-corrected chi connectivity index (χ3v) is 13.5. The van der Waals surface area contributed by atoms with Gasteiger partial charge >= 0.3 is 17.9 Å². The monoisotopic (exact) mass is 981 g/mol. The zero-order valence-electron chi connectivity index (χ0n) is 46.8. The van der Waals surface area contributed by atoms with E-state index in [2.05, 4.69) is 69.4 Å². The Morgan fingerprint density at radius 1 is 0.286 bits per heavy atom. The van der Waals surface area contributed by atoms with Crippen LogP contribution in [0.3, 0.4) is 0 Å². The van der Waals surface area contributed by atoms with E-state index in [4.69, 9.17) is 14.2 Å². The van der Waals surface area contributed by atoms with Crippen LogP contribution in [0.1, 0.15) is 323 Å². The SMILES string of the molecule is CCCCC/C=C\CCCCCCCC(=O)OCC(COC(=O)CCCCCCCCCCCCC/C=C\C/C=C\CCCCCCC)OC(=O)CCCCCCCCC/C=C\CCCCCCCC. The molecule has 0 saturated carbocycles. The Hall–Kier alpha value is -2.63. The van der Waals surface area contributed by atoms with Crippen molar-refractivity contribution in [3.8, 4) is 0 Å². The van der Waals surface area contributed by atoms with Crippen LogP contribution in [-0.2, 0) is 28.6 Å². The second kappa shape index (κ2) is 58.9. The van der Waals surface area contributed by atoms with Gasteiger partial charge in [-0.15, -0.1) is 0 Å². The molecule has 6 nitrogen and oxygen atoms in total. The number of carbonyl (C=O) groups excluding carboxylic acids is 3. The standard InChI is InChI=1S/C64H116O6/c1-4-7-10-13-16-19-22-25-27-29-30-31-32-33-34-36-37-39-42-45-48-51-54-57-63(66)69-60-61(59-68-62(65)56-53-50-47-44-41-24-21-18-15-12-9-6-3)70-64(67)58-55-52-49-46-43-40-38-35-28-26-23-20-17-14-11-8-5-2/h18,21-22,25-26,28-30,61H,4-17,19-20,23-24,27,31-60H2,1-3H3/b21-18-,25-22-,28-26-,30-29-. The maximum absolute atomic E-state index is 12.9. The summed E-state index contributed by atoms with van der Waals surface area (Å²) in [5, 5.41) is 0. The van der Waals surface area contributed by atoms with Gasteiger partial charge in [-0.1, -0.05) is 249 Å². The molecule has 0 aliphatic carbocycles. The topological polar surface area (TPSA) is 78.9 Å². The minimum absolute atomic E-state index is 0.0766. The van der Waals surface area contributed by atoms with Gasteiger partial charge in [-0.25, -0.2) is 0 Å². The molecule has 408 valence electrons. The van der Waals surface area contributed by atoms with Crippen LogP contribution in [0.25, 0.3) is 0 Å². The molecule has 0 aliphatic heterocycles. The number of unbranched alkanes of at least 4 members (excludes halogenated alkanes) is 37. The second-order valence-corrected chi connectivity index (χ2v) is 20.6. The van der Waals surface area contributed by atoms with E-state index in [-0.39, 0.29) is 31.1 Å². The van der Waals surface area contributed by atoms with Crippen molar-refractivity contribution in [3.63, 3.8) is 0 Å². The highest BCUT2D eigenvalue weighted by molar-refractivity contribution is 5.71. The largest absolute Gasteiger partial charge is 0.462 e. The highest BCUT2D eigenvalue weighted by Gasteiger charge is 2.19. The molecule has 1 atom stereocenters. The molecule has 0 heterocycles. The fraction of sp³-hybridized carbons (Fsp3) is 0.828. The van der Waals surface area contributed by atoms with E-state index in [1.807, 2.05) is 0 Å². The van der Waals surface area contributed by atoms with Crippen molar-refractivity contribution in [2.45, 2.75) is 329 Å². The van der Waals surface area contributed by atoms with Crippen molar-refractivity contribution in [2.24, 2.45) is 0 Å². The summed E-state index contributed by atoms with van der Waals surface area (Å²) in [5.41, 5.74) is 0. The predicted octanol–water partition coefficient (Wildman–Crippen LogP) is 20.6. The van der Waals surface area contributed by atoms with Gasteiger partial charge in [-0.05, 0) is 103 Å². The van der Waals surface area contributed by atoms with E-state index in [9.17, 15) is 14.4 Å². The van der Waals surface area contributed by atoms with Gasteiger partial charge in [0.1, 0.15) is 13.2 Å². The van der Waals surface area contributed by atoms with Crippen LogP contribution in [0.15, 0.2) is 48.6 Å². The average molecular weight is 982 g/mol. The van der Waals surface area contributed by atoms with Crippen LogP contribution in [0, 0.1) is 0 Å². The van der Waals surface area contributed by atoms with E-state index in [0.717, 1.165) is 70.6 Å². The maximum atomic E-state index is 12.9. The highest BCUT2D eigenvalue weighted by Crippen LogP contribution is 2.16. The lowest BCUT2D eigenvalue weighted by Gasteiger charge is -2.18. The lowest BCUT2D eigenvalue weighted by Crippen LogP contribution is -2.30. The number of hydrogen-bond donors (Lipinski definition) is 0. The summed E-state index contributed by atoms with van der Waals surface area (Å²) in [6, 6.07) is 0. The summed E-state index contributed by atoms with van der Waals surface area (Å²) in [6.07, 6.45) is 72.5. The van der Waals surface area contributed by atoms with Gasteiger partial charge in [-0.3, -0.25) is 14.4 Å². The van der Waals surface area contributed by atoms with Gasteiger partial charge < -0.3 is 14.2 Å². The summed E-state index contributed by atoms with van der Waals surface area (Å²) < 4.78 is 16.9. The fourth-order valence-corrected chi connectivity index (χ4v) is 8.88. The Morgan fingerprint density at radius 2 is 0.514 bits per heavy atom. The predicted molar refractivity (Wildman–Crippen MR) is 302 cm³/mol. The van der Waals surface area contributed by atoms with Gasteiger partial charge in [0.25, 0.3) is 0 Å². The van der Waals surface area contributed by atoms with Crippen LogP contribution in [-0.4, -0.2) is 37.2 Å².